The molecule has 2 aromatic rings. The second-order valence-electron chi connectivity index (χ2n) is 9.13. The fraction of sp³-hybridized carbons (Fsp3) is 0.414. The Morgan fingerprint density at radius 2 is 1.09 bits per heavy atom. The molecule has 0 aromatic heterocycles. The second kappa shape index (κ2) is 11.0. The molecule has 2 aliphatic heterocycles. The fourth-order valence-corrected chi connectivity index (χ4v) is 4.58. The van der Waals surface area contributed by atoms with Crippen molar-refractivity contribution in [2.24, 2.45) is 0 Å². The first-order valence-electron chi connectivity index (χ1n) is 12.5. The number of rotatable bonds is 6. The van der Waals surface area contributed by atoms with Crippen molar-refractivity contribution in [1.29, 1.82) is 0 Å². The lowest BCUT2D eigenvalue weighted by atomic mass is 10.1. The van der Waals surface area contributed by atoms with Crippen LogP contribution < -0.4 is 9.47 Å². The molecule has 0 radical (unpaired) electrons. The van der Waals surface area contributed by atoms with Gasteiger partial charge in [0.1, 0.15) is 11.5 Å². The van der Waals surface area contributed by atoms with Gasteiger partial charge < -0.3 is 18.9 Å². The number of ketones is 1. The highest BCUT2D eigenvalue weighted by atomic mass is 16.7. The van der Waals surface area contributed by atoms with Crippen molar-refractivity contribution in [2.75, 3.05) is 13.2 Å². The molecule has 0 spiro atoms. The monoisotopic (exact) mass is 460 g/mol. The Hall–Kier alpha value is -2.89. The van der Waals surface area contributed by atoms with Crippen molar-refractivity contribution in [3.8, 4) is 11.5 Å². The van der Waals surface area contributed by atoms with E-state index in [2.05, 4.69) is 0 Å². The zero-order chi connectivity index (χ0) is 23.2. The Kier molecular flexibility index (Phi) is 7.42. The van der Waals surface area contributed by atoms with Crippen molar-refractivity contribution < 1.29 is 23.7 Å². The van der Waals surface area contributed by atoms with Crippen molar-refractivity contribution in [3.05, 3.63) is 70.8 Å². The summed E-state index contributed by atoms with van der Waals surface area (Å²) in [6.45, 7) is 1.53. The molecule has 2 aromatic carbocycles. The van der Waals surface area contributed by atoms with E-state index in [1.807, 2.05) is 60.7 Å². The van der Waals surface area contributed by atoms with Crippen LogP contribution in [-0.4, -0.2) is 31.6 Å². The van der Waals surface area contributed by atoms with Crippen LogP contribution in [0.1, 0.15) is 62.5 Å². The van der Waals surface area contributed by atoms with Crippen LogP contribution in [0, 0.1) is 0 Å². The molecule has 0 N–H and O–H groups in total. The van der Waals surface area contributed by atoms with E-state index in [0.717, 1.165) is 98.4 Å². The summed E-state index contributed by atoms with van der Waals surface area (Å²) in [6.07, 6.45) is 11.6. The van der Waals surface area contributed by atoms with E-state index in [-0.39, 0.29) is 18.4 Å². The van der Waals surface area contributed by atoms with E-state index in [0.29, 0.717) is 0 Å². The predicted molar refractivity (Wildman–Crippen MR) is 132 cm³/mol. The molecule has 0 amide bonds. The average molecular weight is 461 g/mol. The minimum absolute atomic E-state index is 0.131. The molecule has 178 valence electrons. The van der Waals surface area contributed by atoms with Gasteiger partial charge in [0, 0.05) is 24.0 Å². The van der Waals surface area contributed by atoms with Gasteiger partial charge in [0.2, 0.25) is 0 Å². The molecule has 5 nitrogen and oxygen atoms in total. The first-order valence-corrected chi connectivity index (χ1v) is 12.5. The molecule has 3 fully saturated rings. The van der Waals surface area contributed by atoms with Crippen LogP contribution in [0.5, 0.6) is 11.5 Å². The highest BCUT2D eigenvalue weighted by molar-refractivity contribution is 6.15. The summed E-state index contributed by atoms with van der Waals surface area (Å²) in [4.78, 5) is 13.0. The lowest BCUT2D eigenvalue weighted by molar-refractivity contribution is -0.111. The van der Waals surface area contributed by atoms with Gasteiger partial charge in [-0.25, -0.2) is 0 Å². The normalized spacial score (nSPS) is 25.6. The summed E-state index contributed by atoms with van der Waals surface area (Å²) >= 11 is 0. The maximum Gasteiger partial charge on any atom is 0.199 e. The van der Waals surface area contributed by atoms with Crippen LogP contribution in [0.25, 0.3) is 12.2 Å². The number of benzene rings is 2. The summed E-state index contributed by atoms with van der Waals surface area (Å²) in [6, 6.07) is 15.8. The molecule has 34 heavy (non-hydrogen) atoms. The molecule has 3 aliphatic rings. The smallest absolute Gasteiger partial charge is 0.199 e. The van der Waals surface area contributed by atoms with Crippen LogP contribution in [-0.2, 0) is 14.3 Å². The molecule has 2 saturated heterocycles. The van der Waals surface area contributed by atoms with Crippen molar-refractivity contribution in [1.82, 2.24) is 0 Å². The molecule has 2 heterocycles. The van der Waals surface area contributed by atoms with Gasteiger partial charge in [-0.2, -0.15) is 0 Å². The molecule has 0 bridgehead atoms. The third-order valence-corrected chi connectivity index (χ3v) is 6.50. The predicted octanol–water partition coefficient (Wildman–Crippen LogP) is 6.33. The van der Waals surface area contributed by atoms with Gasteiger partial charge in [-0.05, 0) is 86.1 Å². The summed E-state index contributed by atoms with van der Waals surface area (Å²) < 4.78 is 23.1. The van der Waals surface area contributed by atoms with E-state index in [1.54, 1.807) is 0 Å². The molecular formula is C29H32O5. The highest BCUT2D eigenvalue weighted by Crippen LogP contribution is 2.30. The standard InChI is InChI=1S/C29H32O5/c30-29-23(19-21-7-13-25(14-8-21)33-27-5-1-3-17-31-27)11-12-24(29)20-22-9-15-26(16-10-22)34-28-6-2-4-18-32-28/h7-10,13-16,19-20,27-28H,1-6,11-12,17-18H2. The minimum Gasteiger partial charge on any atom is -0.465 e. The zero-order valence-corrected chi connectivity index (χ0v) is 19.5. The van der Waals surface area contributed by atoms with E-state index >= 15 is 0 Å². The van der Waals surface area contributed by atoms with Gasteiger partial charge in [0.05, 0.1) is 13.2 Å². The highest BCUT2D eigenvalue weighted by Gasteiger charge is 2.23. The second-order valence-corrected chi connectivity index (χ2v) is 9.13. The number of hydrogen-bond acceptors (Lipinski definition) is 5. The lowest BCUT2D eigenvalue weighted by Gasteiger charge is -2.23. The van der Waals surface area contributed by atoms with E-state index in [4.69, 9.17) is 18.9 Å². The molecular weight excluding hydrogens is 428 g/mol. The fourth-order valence-electron chi connectivity index (χ4n) is 4.58. The van der Waals surface area contributed by atoms with Crippen LogP contribution in [0.2, 0.25) is 0 Å². The third kappa shape index (κ3) is 5.96. The largest absolute Gasteiger partial charge is 0.465 e. The number of ether oxygens (including phenoxy) is 4. The Bertz CT molecular complexity index is 940. The average Bonchev–Trinajstić information content (AvgIpc) is 3.21. The maximum atomic E-state index is 13.0. The quantitative estimate of drug-likeness (QED) is 0.472. The van der Waals surface area contributed by atoms with Gasteiger partial charge in [0.25, 0.3) is 0 Å². The first kappa shape index (κ1) is 22.9. The summed E-state index contributed by atoms with van der Waals surface area (Å²) in [5, 5.41) is 0. The van der Waals surface area contributed by atoms with Crippen molar-refractivity contribution in [3.63, 3.8) is 0 Å². The summed E-state index contributed by atoms with van der Waals surface area (Å²) in [5.41, 5.74) is 3.72. The zero-order valence-electron chi connectivity index (χ0n) is 19.5. The van der Waals surface area contributed by atoms with Gasteiger partial charge in [0.15, 0.2) is 18.4 Å². The lowest BCUT2D eigenvalue weighted by Crippen LogP contribution is -2.24. The Labute approximate surface area is 201 Å². The van der Waals surface area contributed by atoms with Crippen LogP contribution in [0.3, 0.4) is 0 Å². The van der Waals surface area contributed by atoms with E-state index in [1.165, 1.54) is 0 Å². The van der Waals surface area contributed by atoms with Gasteiger partial charge in [-0.3, -0.25) is 4.79 Å². The number of Topliss-reactive ketones (excluding diaryl/α,β-unsaturated/α-hetero) is 1. The molecule has 2 atom stereocenters. The maximum absolute atomic E-state index is 13.0. The van der Waals surface area contributed by atoms with Crippen LogP contribution in [0.4, 0.5) is 0 Å². The van der Waals surface area contributed by atoms with Crippen LogP contribution >= 0.6 is 0 Å². The summed E-state index contributed by atoms with van der Waals surface area (Å²) in [5.74, 6) is 1.73. The van der Waals surface area contributed by atoms with E-state index < -0.39 is 0 Å². The molecule has 2 unspecified atom stereocenters. The van der Waals surface area contributed by atoms with Crippen LogP contribution in [0.15, 0.2) is 59.7 Å². The SMILES string of the molecule is O=C1C(=Cc2ccc(OC3CCCCO3)cc2)CCC1=Cc1ccc(OC2CCCCO2)cc1. The third-order valence-electron chi connectivity index (χ3n) is 6.50. The first-order chi connectivity index (χ1) is 16.7. The molecule has 1 saturated carbocycles. The minimum atomic E-state index is -0.150. The van der Waals surface area contributed by atoms with Gasteiger partial charge in [-0.15, -0.1) is 0 Å². The molecule has 5 heteroatoms. The Morgan fingerprint density at radius 3 is 1.47 bits per heavy atom. The summed E-state index contributed by atoms with van der Waals surface area (Å²) in [7, 11) is 0. The van der Waals surface area contributed by atoms with E-state index in [9.17, 15) is 4.79 Å². The van der Waals surface area contributed by atoms with Gasteiger partial charge in [-0.1, -0.05) is 24.3 Å². The van der Waals surface area contributed by atoms with Crippen molar-refractivity contribution in [2.45, 2.75) is 63.9 Å². The topological polar surface area (TPSA) is 54.0 Å². The molecule has 1 aliphatic carbocycles. The number of hydrogen-bond donors (Lipinski definition) is 0. The Morgan fingerprint density at radius 1 is 0.647 bits per heavy atom. The number of allylic oxidation sites excluding steroid dienone is 2. The molecule has 5 rings (SSSR count). The van der Waals surface area contributed by atoms with Gasteiger partial charge >= 0.3 is 0 Å². The van der Waals surface area contributed by atoms with Crippen molar-refractivity contribution >= 4 is 17.9 Å². The number of carbonyl (C=O) groups excluding carboxylic acids is 1. The number of carbonyl (C=O) groups is 1. The Balaban J connectivity index is 1.18.